The van der Waals surface area contributed by atoms with Gasteiger partial charge in [-0.1, -0.05) is 0 Å². The van der Waals surface area contributed by atoms with Crippen molar-refractivity contribution in [1.82, 2.24) is 14.5 Å². The molecule has 0 radical (unpaired) electrons. The molecule has 0 saturated carbocycles. The Morgan fingerprint density at radius 3 is 2.04 bits per heavy atom. The molecule has 0 spiro atoms. The van der Waals surface area contributed by atoms with Crippen molar-refractivity contribution in [3.8, 4) is 0 Å². The second-order valence-electron chi connectivity index (χ2n) is 7.56. The molecule has 1 N–H and O–H groups in total. The van der Waals surface area contributed by atoms with Gasteiger partial charge >= 0.3 is 155 Å². The van der Waals surface area contributed by atoms with E-state index in [0.29, 0.717) is 0 Å². The molecular formula is C21H23N3Se. The molecule has 2 atom stereocenters. The quantitative estimate of drug-likeness (QED) is 0.669. The van der Waals surface area contributed by atoms with Crippen LogP contribution in [0.25, 0.3) is 0 Å². The molecule has 1 aliphatic rings. The summed E-state index contributed by atoms with van der Waals surface area (Å²) in [6, 6.07) is 18.1. The SMILES string of the molecule is Cc1ccc(C2NC(c3ccc(C)cc3)C(C)(C)c3nn[se]c32)cc1. The molecule has 1 aliphatic heterocycles. The third-order valence-electron chi connectivity index (χ3n) is 5.26. The normalized spacial score (nSPS) is 21.8. The van der Waals surface area contributed by atoms with Gasteiger partial charge in [0.15, 0.2) is 0 Å². The first-order valence-electron chi connectivity index (χ1n) is 8.69. The number of hydrogen-bond donors (Lipinski definition) is 1. The second-order valence-corrected chi connectivity index (χ2v) is 9.21. The van der Waals surface area contributed by atoms with Gasteiger partial charge in [0, 0.05) is 0 Å². The fourth-order valence-electron chi connectivity index (χ4n) is 3.70. The minimum atomic E-state index is -0.0759. The Kier molecular flexibility index (Phi) is 4.15. The summed E-state index contributed by atoms with van der Waals surface area (Å²) in [6.45, 7) is 8.83. The van der Waals surface area contributed by atoms with Gasteiger partial charge in [-0.25, -0.2) is 0 Å². The molecule has 0 bridgehead atoms. The second kappa shape index (κ2) is 6.21. The van der Waals surface area contributed by atoms with E-state index >= 15 is 0 Å². The third-order valence-corrected chi connectivity index (χ3v) is 6.92. The summed E-state index contributed by atoms with van der Waals surface area (Å²) in [5.74, 6) is 0. The van der Waals surface area contributed by atoms with Gasteiger partial charge in [-0.3, -0.25) is 0 Å². The van der Waals surface area contributed by atoms with Crippen molar-refractivity contribution in [2.45, 2.75) is 45.2 Å². The topological polar surface area (TPSA) is 37.8 Å². The molecule has 25 heavy (non-hydrogen) atoms. The summed E-state index contributed by atoms with van der Waals surface area (Å²) in [5.41, 5.74) is 6.30. The maximum absolute atomic E-state index is 4.59. The summed E-state index contributed by atoms with van der Waals surface area (Å²) < 4.78 is 5.81. The number of aromatic nitrogens is 2. The van der Waals surface area contributed by atoms with Crippen molar-refractivity contribution in [2.24, 2.45) is 0 Å². The number of benzene rings is 2. The van der Waals surface area contributed by atoms with Crippen LogP contribution in [0.15, 0.2) is 48.5 Å². The Balaban J connectivity index is 1.82. The number of hydrogen-bond acceptors (Lipinski definition) is 3. The molecule has 3 nitrogen and oxygen atoms in total. The first kappa shape index (κ1) is 16.7. The first-order valence-corrected chi connectivity index (χ1v) is 10.3. The fourth-order valence-corrected chi connectivity index (χ4v) is 5.61. The van der Waals surface area contributed by atoms with Crippen molar-refractivity contribution in [3.05, 3.63) is 80.9 Å². The van der Waals surface area contributed by atoms with Crippen LogP contribution in [-0.4, -0.2) is 23.9 Å². The Morgan fingerprint density at radius 2 is 1.44 bits per heavy atom. The van der Waals surface area contributed by atoms with Crippen LogP contribution in [0.4, 0.5) is 0 Å². The van der Waals surface area contributed by atoms with Crippen LogP contribution in [0.2, 0.25) is 0 Å². The van der Waals surface area contributed by atoms with E-state index in [1.165, 1.54) is 32.4 Å². The van der Waals surface area contributed by atoms with E-state index in [9.17, 15) is 0 Å². The number of fused-ring (bicyclic) bond motifs is 1. The van der Waals surface area contributed by atoms with Gasteiger partial charge in [-0.2, -0.15) is 0 Å². The molecule has 4 heteroatoms. The predicted molar refractivity (Wildman–Crippen MR) is 102 cm³/mol. The van der Waals surface area contributed by atoms with Crippen molar-refractivity contribution in [1.29, 1.82) is 0 Å². The predicted octanol–water partition coefficient (Wildman–Crippen LogP) is 3.86. The molecule has 4 rings (SSSR count). The molecule has 3 aromatic rings. The standard InChI is InChI=1S/C21H23N3Se/c1-13-5-9-15(10-6-13)17-18-20(23-24-25-18)21(3,4)19(22-17)16-11-7-14(2)8-12-16/h5-12,17,19,22H,1-4H3. The van der Waals surface area contributed by atoms with Crippen molar-refractivity contribution in [2.75, 3.05) is 0 Å². The third kappa shape index (κ3) is 2.89. The van der Waals surface area contributed by atoms with Gasteiger partial charge in [0.2, 0.25) is 0 Å². The average molecular weight is 396 g/mol. The van der Waals surface area contributed by atoms with Crippen LogP contribution in [0.3, 0.4) is 0 Å². The van der Waals surface area contributed by atoms with Gasteiger partial charge in [-0.05, 0) is 0 Å². The van der Waals surface area contributed by atoms with Gasteiger partial charge in [-0.15, -0.1) is 0 Å². The van der Waals surface area contributed by atoms with Crippen molar-refractivity contribution in [3.63, 3.8) is 0 Å². The molecule has 2 unspecified atom stereocenters. The first-order chi connectivity index (χ1) is 12.0. The summed E-state index contributed by atoms with van der Waals surface area (Å²) in [6.07, 6.45) is 0. The van der Waals surface area contributed by atoms with Gasteiger partial charge in [0.05, 0.1) is 0 Å². The van der Waals surface area contributed by atoms with Crippen LogP contribution in [0.5, 0.6) is 0 Å². The Hall–Kier alpha value is -1.74. The molecule has 0 amide bonds. The summed E-state index contributed by atoms with van der Waals surface area (Å²) >= 11 is 0.0907. The van der Waals surface area contributed by atoms with E-state index in [4.69, 9.17) is 0 Å². The molecule has 1 aromatic heterocycles. The number of aryl methyl sites for hydroxylation is 2. The molecule has 2 aromatic carbocycles. The van der Waals surface area contributed by atoms with Gasteiger partial charge < -0.3 is 0 Å². The van der Waals surface area contributed by atoms with E-state index in [2.05, 4.69) is 90.7 Å². The van der Waals surface area contributed by atoms with Crippen LogP contribution in [0.1, 0.15) is 58.3 Å². The monoisotopic (exact) mass is 397 g/mol. The van der Waals surface area contributed by atoms with Crippen LogP contribution >= 0.6 is 0 Å². The number of nitrogens with one attached hydrogen (secondary N) is 1. The van der Waals surface area contributed by atoms with E-state index in [1.54, 1.807) is 0 Å². The Morgan fingerprint density at radius 1 is 0.880 bits per heavy atom. The van der Waals surface area contributed by atoms with E-state index in [0.717, 1.165) is 0 Å². The van der Waals surface area contributed by atoms with Crippen LogP contribution in [0, 0.1) is 13.8 Å². The van der Waals surface area contributed by atoms with Gasteiger partial charge in [0.25, 0.3) is 0 Å². The summed E-state index contributed by atoms with van der Waals surface area (Å²) in [5, 5.41) is 8.51. The van der Waals surface area contributed by atoms with E-state index < -0.39 is 0 Å². The van der Waals surface area contributed by atoms with E-state index in [-0.39, 0.29) is 32.2 Å². The zero-order chi connectivity index (χ0) is 17.6. The van der Waals surface area contributed by atoms with Crippen molar-refractivity contribution < 1.29 is 0 Å². The Bertz CT molecular complexity index is 878. The summed E-state index contributed by atoms with van der Waals surface area (Å²) in [7, 11) is 0. The maximum atomic E-state index is 4.59. The zero-order valence-corrected chi connectivity index (χ0v) is 16.8. The minimum absolute atomic E-state index is 0.0759. The zero-order valence-electron chi connectivity index (χ0n) is 15.1. The van der Waals surface area contributed by atoms with E-state index in [1.807, 2.05) is 0 Å². The average Bonchev–Trinajstić information content (AvgIpc) is 3.08. The van der Waals surface area contributed by atoms with Crippen LogP contribution < -0.4 is 5.32 Å². The molecule has 0 fully saturated rings. The molecule has 2 heterocycles. The Labute approximate surface area is 155 Å². The number of rotatable bonds is 2. The molecule has 0 aliphatic carbocycles. The van der Waals surface area contributed by atoms with Crippen LogP contribution in [-0.2, 0) is 5.41 Å². The fraction of sp³-hybridized carbons (Fsp3) is 0.333. The number of nitrogens with zero attached hydrogens (tertiary/aromatic N) is 2. The van der Waals surface area contributed by atoms with Crippen molar-refractivity contribution >= 4 is 14.7 Å². The van der Waals surface area contributed by atoms with Gasteiger partial charge in [0.1, 0.15) is 0 Å². The summed E-state index contributed by atoms with van der Waals surface area (Å²) in [4.78, 5) is 0. The molecule has 128 valence electrons. The molecule has 0 saturated heterocycles. The molecular weight excluding hydrogens is 373 g/mol.